The second-order valence-corrected chi connectivity index (χ2v) is 7.13. The molecule has 1 fully saturated rings. The quantitative estimate of drug-likeness (QED) is 0.667. The van der Waals surface area contributed by atoms with Crippen LogP contribution in [0.5, 0.6) is 5.75 Å². The molecule has 2 aliphatic heterocycles. The molecule has 1 atom stereocenters. The molecular weight excluding hydrogens is 388 g/mol. The molecule has 5 amide bonds. The average molecular weight is 408 g/mol. The number of anilines is 2. The van der Waals surface area contributed by atoms with Crippen molar-refractivity contribution in [2.75, 3.05) is 23.8 Å². The third kappa shape index (κ3) is 3.45. The van der Waals surface area contributed by atoms with Crippen molar-refractivity contribution in [2.45, 2.75) is 18.9 Å². The minimum absolute atomic E-state index is 0.200. The van der Waals surface area contributed by atoms with Crippen molar-refractivity contribution in [1.29, 1.82) is 0 Å². The highest BCUT2D eigenvalue weighted by Gasteiger charge is 2.55. The molecule has 30 heavy (non-hydrogen) atoms. The number of benzene rings is 2. The summed E-state index contributed by atoms with van der Waals surface area (Å²) in [6, 6.07) is 12.9. The van der Waals surface area contributed by atoms with Crippen LogP contribution in [0.25, 0.3) is 0 Å². The maximum atomic E-state index is 13.2. The van der Waals surface area contributed by atoms with Gasteiger partial charge in [-0.3, -0.25) is 19.3 Å². The maximum Gasteiger partial charge on any atom is 0.325 e. The Hall–Kier alpha value is -3.88. The van der Waals surface area contributed by atoms with Gasteiger partial charge in [0, 0.05) is 30.3 Å². The number of carbonyl (C=O) groups is 4. The van der Waals surface area contributed by atoms with Gasteiger partial charge in [0.2, 0.25) is 11.8 Å². The molecule has 0 bridgehead atoms. The number of ether oxygens (including phenoxy) is 1. The summed E-state index contributed by atoms with van der Waals surface area (Å²) in [5, 5.41) is 8.04. The molecule has 0 saturated carbocycles. The second-order valence-electron chi connectivity index (χ2n) is 7.13. The molecule has 3 N–H and O–H groups in total. The Kier molecular flexibility index (Phi) is 4.86. The van der Waals surface area contributed by atoms with E-state index in [0.717, 1.165) is 4.90 Å². The standard InChI is InChI=1S/C21H20N4O5/c1-13(26)22-14-6-8-15(9-7-14)23-18(27)12-25-19(28)21(24-20(25)29)10-11-30-17-5-3-2-4-16(17)21/h2-9H,10-12H2,1H3,(H,22,26)(H,23,27)(H,24,29)/t21-/m1/s1. The summed E-state index contributed by atoms with van der Waals surface area (Å²) in [5.74, 6) is -0.639. The predicted molar refractivity (Wildman–Crippen MR) is 108 cm³/mol. The summed E-state index contributed by atoms with van der Waals surface area (Å²) < 4.78 is 5.60. The minimum atomic E-state index is -1.22. The van der Waals surface area contributed by atoms with Crippen molar-refractivity contribution in [2.24, 2.45) is 0 Å². The van der Waals surface area contributed by atoms with Crippen LogP contribution in [0.15, 0.2) is 48.5 Å². The highest BCUT2D eigenvalue weighted by atomic mass is 16.5. The number of amides is 5. The first kappa shape index (κ1) is 19.4. The lowest BCUT2D eigenvalue weighted by atomic mass is 9.84. The van der Waals surface area contributed by atoms with Crippen LogP contribution in [0.3, 0.4) is 0 Å². The van der Waals surface area contributed by atoms with E-state index in [2.05, 4.69) is 16.0 Å². The van der Waals surface area contributed by atoms with Crippen molar-refractivity contribution in [3.8, 4) is 5.75 Å². The molecule has 0 unspecified atom stereocenters. The molecule has 9 heteroatoms. The van der Waals surface area contributed by atoms with Crippen molar-refractivity contribution in [3.63, 3.8) is 0 Å². The van der Waals surface area contributed by atoms with Gasteiger partial charge in [-0.1, -0.05) is 18.2 Å². The van der Waals surface area contributed by atoms with E-state index in [1.54, 1.807) is 48.5 Å². The molecule has 154 valence electrons. The lowest BCUT2D eigenvalue weighted by molar-refractivity contribution is -0.135. The van der Waals surface area contributed by atoms with Crippen LogP contribution >= 0.6 is 0 Å². The number of fused-ring (bicyclic) bond motifs is 2. The third-order valence-corrected chi connectivity index (χ3v) is 5.05. The van der Waals surface area contributed by atoms with Crippen molar-refractivity contribution < 1.29 is 23.9 Å². The van der Waals surface area contributed by atoms with Crippen molar-refractivity contribution in [1.82, 2.24) is 10.2 Å². The molecule has 2 aliphatic rings. The highest BCUT2D eigenvalue weighted by molar-refractivity contribution is 6.10. The summed E-state index contributed by atoms with van der Waals surface area (Å²) >= 11 is 0. The van der Waals surface area contributed by atoms with Gasteiger partial charge in [0.05, 0.1) is 6.61 Å². The van der Waals surface area contributed by atoms with Gasteiger partial charge in [-0.15, -0.1) is 0 Å². The molecule has 2 aromatic carbocycles. The van der Waals surface area contributed by atoms with Crippen molar-refractivity contribution in [3.05, 3.63) is 54.1 Å². The SMILES string of the molecule is CC(=O)Nc1ccc(NC(=O)CN2C(=O)N[C@@]3(CCOc4ccccc43)C2=O)cc1. The fraction of sp³-hybridized carbons (Fsp3) is 0.238. The summed E-state index contributed by atoms with van der Waals surface area (Å²) in [6.45, 7) is 1.27. The Labute approximate surface area is 172 Å². The van der Waals surface area contributed by atoms with E-state index >= 15 is 0 Å². The van der Waals surface area contributed by atoms with Gasteiger partial charge in [0.1, 0.15) is 12.3 Å². The molecular formula is C21H20N4O5. The zero-order valence-corrected chi connectivity index (χ0v) is 16.2. The Balaban J connectivity index is 1.47. The molecule has 1 saturated heterocycles. The van der Waals surface area contributed by atoms with Gasteiger partial charge in [-0.25, -0.2) is 4.79 Å². The Bertz CT molecular complexity index is 1040. The number of nitrogens with zero attached hydrogens (tertiary/aromatic N) is 1. The van der Waals surface area contributed by atoms with Crippen molar-refractivity contribution >= 4 is 35.1 Å². The topological polar surface area (TPSA) is 117 Å². The maximum absolute atomic E-state index is 13.2. The monoisotopic (exact) mass is 408 g/mol. The summed E-state index contributed by atoms with van der Waals surface area (Å²) in [5.41, 5.74) is 0.444. The van der Waals surface area contributed by atoms with Crippen LogP contribution in [0.2, 0.25) is 0 Å². The van der Waals surface area contributed by atoms with E-state index < -0.39 is 29.9 Å². The molecule has 9 nitrogen and oxygen atoms in total. The first-order valence-electron chi connectivity index (χ1n) is 9.43. The molecule has 0 aromatic heterocycles. The second kappa shape index (κ2) is 7.51. The molecule has 2 heterocycles. The first-order chi connectivity index (χ1) is 14.4. The number of imide groups is 1. The molecule has 1 spiro atoms. The number of hydrogen-bond donors (Lipinski definition) is 3. The van der Waals surface area contributed by atoms with Gasteiger partial charge in [-0.2, -0.15) is 0 Å². The Morgan fingerprint density at radius 1 is 1.07 bits per heavy atom. The number of rotatable bonds is 4. The largest absolute Gasteiger partial charge is 0.493 e. The number of urea groups is 1. The average Bonchev–Trinajstić information content (AvgIpc) is 2.94. The Morgan fingerprint density at radius 2 is 1.73 bits per heavy atom. The predicted octanol–water partition coefficient (Wildman–Crippen LogP) is 1.81. The zero-order valence-electron chi connectivity index (χ0n) is 16.2. The van der Waals surface area contributed by atoms with E-state index in [9.17, 15) is 19.2 Å². The van der Waals surface area contributed by atoms with Crippen LogP contribution in [-0.4, -0.2) is 41.8 Å². The highest BCUT2D eigenvalue weighted by Crippen LogP contribution is 2.40. The van der Waals surface area contributed by atoms with E-state index in [4.69, 9.17) is 4.74 Å². The fourth-order valence-corrected chi connectivity index (χ4v) is 3.70. The van der Waals surface area contributed by atoms with Gasteiger partial charge >= 0.3 is 6.03 Å². The smallest absolute Gasteiger partial charge is 0.325 e. The summed E-state index contributed by atoms with van der Waals surface area (Å²) in [6.07, 6.45) is 0.289. The fourth-order valence-electron chi connectivity index (χ4n) is 3.70. The molecule has 4 rings (SSSR count). The summed E-state index contributed by atoms with van der Waals surface area (Å²) in [7, 11) is 0. The number of nitrogens with one attached hydrogen (secondary N) is 3. The first-order valence-corrected chi connectivity index (χ1v) is 9.43. The van der Waals surface area contributed by atoms with E-state index in [-0.39, 0.29) is 18.9 Å². The van der Waals surface area contributed by atoms with Gasteiger partial charge in [-0.05, 0) is 30.3 Å². The molecule has 2 aromatic rings. The zero-order chi connectivity index (χ0) is 21.3. The number of para-hydroxylation sites is 1. The van der Waals surface area contributed by atoms with Crippen LogP contribution < -0.4 is 20.7 Å². The van der Waals surface area contributed by atoms with Crippen LogP contribution in [-0.2, 0) is 19.9 Å². The van der Waals surface area contributed by atoms with Gasteiger partial charge in [0.25, 0.3) is 5.91 Å². The number of carbonyl (C=O) groups excluding carboxylic acids is 4. The lowest BCUT2D eigenvalue weighted by Gasteiger charge is -2.33. The lowest BCUT2D eigenvalue weighted by Crippen LogP contribution is -2.48. The van der Waals surface area contributed by atoms with Crippen LogP contribution in [0, 0.1) is 0 Å². The van der Waals surface area contributed by atoms with Crippen LogP contribution in [0.4, 0.5) is 16.2 Å². The number of hydrogen-bond acceptors (Lipinski definition) is 5. The van der Waals surface area contributed by atoms with Gasteiger partial charge in [0.15, 0.2) is 5.54 Å². The third-order valence-electron chi connectivity index (χ3n) is 5.05. The summed E-state index contributed by atoms with van der Waals surface area (Å²) in [4.78, 5) is 50.1. The van der Waals surface area contributed by atoms with E-state index in [1.165, 1.54) is 6.92 Å². The van der Waals surface area contributed by atoms with E-state index in [0.29, 0.717) is 22.7 Å². The van der Waals surface area contributed by atoms with Gasteiger partial charge < -0.3 is 20.7 Å². The molecule has 0 radical (unpaired) electrons. The molecule has 0 aliphatic carbocycles. The normalized spacial score (nSPS) is 19.7. The minimum Gasteiger partial charge on any atom is -0.493 e. The van der Waals surface area contributed by atoms with E-state index in [1.807, 2.05) is 0 Å². The Morgan fingerprint density at radius 3 is 2.43 bits per heavy atom. The van der Waals surface area contributed by atoms with Crippen LogP contribution in [0.1, 0.15) is 18.9 Å².